The van der Waals surface area contributed by atoms with Crippen molar-refractivity contribution in [1.82, 2.24) is 9.80 Å². The van der Waals surface area contributed by atoms with Gasteiger partial charge in [-0.15, -0.1) is 0 Å². The van der Waals surface area contributed by atoms with Crippen LogP contribution in [0.2, 0.25) is 0 Å². The van der Waals surface area contributed by atoms with Gasteiger partial charge in [-0.25, -0.2) is 4.79 Å². The summed E-state index contributed by atoms with van der Waals surface area (Å²) in [5.41, 5.74) is 0.0832. The van der Waals surface area contributed by atoms with Gasteiger partial charge in [-0.05, 0) is 57.3 Å². The summed E-state index contributed by atoms with van der Waals surface area (Å²) in [4.78, 5) is 28.3. The topological polar surface area (TPSA) is 153 Å². The van der Waals surface area contributed by atoms with Crippen LogP contribution in [0, 0.1) is 11.8 Å². The maximum atomic E-state index is 13.0. The average molecular weight is 705 g/mol. The molecular formula is C35H55F3N2O9. The van der Waals surface area contributed by atoms with E-state index in [0.717, 1.165) is 0 Å². The zero-order valence-electron chi connectivity index (χ0n) is 29.4. The third-order valence-corrected chi connectivity index (χ3v) is 9.85. The number of rotatable bonds is 10. The lowest BCUT2D eigenvalue weighted by Gasteiger charge is -2.35. The summed E-state index contributed by atoms with van der Waals surface area (Å²) in [6.45, 7) is 9.93. The van der Waals surface area contributed by atoms with Gasteiger partial charge in [-0.2, -0.15) is 13.2 Å². The van der Waals surface area contributed by atoms with Gasteiger partial charge in [0.2, 0.25) is 0 Å². The van der Waals surface area contributed by atoms with Gasteiger partial charge in [0, 0.05) is 44.4 Å². The number of allylic oxidation sites excluding steroid dienone is 2. The van der Waals surface area contributed by atoms with Crippen molar-refractivity contribution in [1.29, 1.82) is 0 Å². The molecule has 2 fully saturated rings. The van der Waals surface area contributed by atoms with E-state index in [0.29, 0.717) is 24.0 Å². The summed E-state index contributed by atoms with van der Waals surface area (Å²) in [5.74, 6) is -1.15. The maximum Gasteiger partial charge on any atom is 0.410 e. The quantitative estimate of drug-likeness (QED) is 0.114. The number of carbonyl (C=O) groups excluding carboxylic acids is 2. The number of halogens is 3. The minimum Gasteiger partial charge on any atom is -0.457 e. The van der Waals surface area contributed by atoms with Gasteiger partial charge in [-0.1, -0.05) is 39.0 Å². The normalized spacial score (nSPS) is 33.0. The van der Waals surface area contributed by atoms with E-state index in [1.54, 1.807) is 45.9 Å². The summed E-state index contributed by atoms with van der Waals surface area (Å²) in [6, 6.07) is 0. The number of carbonyl (C=O) groups is 2. The van der Waals surface area contributed by atoms with Gasteiger partial charge < -0.3 is 39.5 Å². The molecule has 1 amide bonds. The van der Waals surface area contributed by atoms with Crippen molar-refractivity contribution in [3.63, 3.8) is 0 Å². The second-order valence-corrected chi connectivity index (χ2v) is 14.1. The third-order valence-electron chi connectivity index (χ3n) is 9.85. The van der Waals surface area contributed by atoms with Crippen molar-refractivity contribution in [3.8, 4) is 0 Å². The third kappa shape index (κ3) is 12.7. The molecular weight excluding hydrogens is 649 g/mol. The van der Waals surface area contributed by atoms with Crippen LogP contribution in [-0.2, 0) is 19.0 Å². The number of cyclic esters (lactones) is 1. The highest BCUT2D eigenvalue weighted by molar-refractivity contribution is 5.70. The molecule has 2 saturated heterocycles. The molecule has 0 aromatic rings. The van der Waals surface area contributed by atoms with Crippen LogP contribution in [0.25, 0.3) is 0 Å². The first-order valence-electron chi connectivity index (χ1n) is 17.2. The zero-order valence-corrected chi connectivity index (χ0v) is 29.4. The summed E-state index contributed by atoms with van der Waals surface area (Å²) in [5, 5.41) is 42.8. The van der Waals surface area contributed by atoms with Crippen molar-refractivity contribution in [2.24, 2.45) is 11.8 Å². The van der Waals surface area contributed by atoms with Gasteiger partial charge in [0.25, 0.3) is 0 Å². The van der Waals surface area contributed by atoms with E-state index in [9.17, 15) is 43.2 Å². The average Bonchev–Trinajstić information content (AvgIpc) is 3.79. The van der Waals surface area contributed by atoms with Crippen LogP contribution in [-0.4, -0.2) is 130 Å². The van der Waals surface area contributed by atoms with Crippen LogP contribution in [0.15, 0.2) is 35.5 Å². The molecule has 10 atom stereocenters. The lowest BCUT2D eigenvalue weighted by molar-refractivity contribution is -0.151. The largest absolute Gasteiger partial charge is 0.457 e. The molecule has 11 nitrogen and oxygen atoms in total. The number of nitrogens with zero attached hydrogens (tertiary/aromatic N) is 2. The summed E-state index contributed by atoms with van der Waals surface area (Å²) in [7, 11) is 0. The number of epoxide rings is 1. The molecule has 0 saturated carbocycles. The zero-order chi connectivity index (χ0) is 36.7. The number of aliphatic hydroxyl groups is 4. The molecule has 3 rings (SSSR count). The Kier molecular flexibility index (Phi) is 14.7. The predicted molar refractivity (Wildman–Crippen MR) is 175 cm³/mol. The SMILES string of the molecule is CCC(O)C(C)C1OC1CC(C)(O)/C(C)=C/C=C(\C)C1OC(=O)CC(O)CCC(O)C(OC(=O)N2CCN(CC(F)(F)F)CC2)/C=C/C1C. The van der Waals surface area contributed by atoms with Crippen molar-refractivity contribution < 1.29 is 57.4 Å². The monoisotopic (exact) mass is 704 g/mol. The van der Waals surface area contributed by atoms with Gasteiger partial charge in [0.1, 0.15) is 12.2 Å². The van der Waals surface area contributed by atoms with E-state index in [1.165, 1.54) is 15.9 Å². The minimum atomic E-state index is -4.34. The molecule has 49 heavy (non-hydrogen) atoms. The smallest absolute Gasteiger partial charge is 0.410 e. The molecule has 0 spiro atoms. The van der Waals surface area contributed by atoms with Gasteiger partial charge in [0.05, 0.1) is 49.1 Å². The first kappa shape index (κ1) is 40.9. The van der Waals surface area contributed by atoms with Gasteiger partial charge >= 0.3 is 18.2 Å². The number of piperazine rings is 1. The molecule has 10 unspecified atom stereocenters. The highest BCUT2D eigenvalue weighted by Gasteiger charge is 2.48. The van der Waals surface area contributed by atoms with Crippen molar-refractivity contribution >= 4 is 12.1 Å². The number of alkyl halides is 3. The molecule has 3 aliphatic heterocycles. The standard InChI is InChI=1S/C35H55F3N2O9/c1-7-26(42)24(5)32-29(47-32)19-34(6,46)23(4)10-8-21(2)31-22(3)9-13-28(27(43)12-11-25(41)18-30(44)49-31)48-33(45)40-16-14-39(15-17-40)20-35(36,37)38/h8-10,13,22,24-29,31-32,41-43,46H,7,11-12,14-20H2,1-6H3/b13-9+,21-8+,23-10+. The first-order valence-corrected chi connectivity index (χ1v) is 17.2. The number of amides is 1. The highest BCUT2D eigenvalue weighted by atomic mass is 19.4. The fourth-order valence-corrected chi connectivity index (χ4v) is 6.25. The minimum absolute atomic E-state index is 0.0155. The molecule has 280 valence electrons. The number of ether oxygens (including phenoxy) is 3. The van der Waals surface area contributed by atoms with Crippen LogP contribution in [0.5, 0.6) is 0 Å². The molecule has 0 aromatic heterocycles. The first-order chi connectivity index (χ1) is 22.8. The molecule has 3 heterocycles. The van der Waals surface area contributed by atoms with Gasteiger partial charge in [-0.3, -0.25) is 9.69 Å². The van der Waals surface area contributed by atoms with E-state index in [4.69, 9.17) is 14.2 Å². The van der Waals surface area contributed by atoms with E-state index in [1.807, 2.05) is 13.8 Å². The Hall–Kier alpha value is -2.49. The number of hydrogen-bond donors (Lipinski definition) is 4. The fraction of sp³-hybridized carbons (Fsp3) is 0.771. The second-order valence-electron chi connectivity index (χ2n) is 14.1. The molecule has 0 radical (unpaired) electrons. The second kappa shape index (κ2) is 17.6. The van der Waals surface area contributed by atoms with Crippen LogP contribution in [0.1, 0.15) is 73.6 Å². The number of aliphatic hydroxyl groups excluding tert-OH is 3. The van der Waals surface area contributed by atoms with E-state index in [2.05, 4.69) is 0 Å². The Balaban J connectivity index is 1.72. The molecule has 0 aromatic carbocycles. The highest BCUT2D eigenvalue weighted by Crippen LogP contribution is 2.39. The van der Waals surface area contributed by atoms with E-state index >= 15 is 0 Å². The molecule has 0 bridgehead atoms. The molecule has 14 heteroatoms. The van der Waals surface area contributed by atoms with Crippen LogP contribution in [0.4, 0.5) is 18.0 Å². The Morgan fingerprint density at radius 3 is 2.39 bits per heavy atom. The Labute approximate surface area is 287 Å². The lowest BCUT2D eigenvalue weighted by Crippen LogP contribution is -2.51. The van der Waals surface area contributed by atoms with Crippen LogP contribution < -0.4 is 0 Å². The summed E-state index contributed by atoms with van der Waals surface area (Å²) >= 11 is 0. The van der Waals surface area contributed by atoms with Crippen molar-refractivity contribution in [3.05, 3.63) is 35.5 Å². The fourth-order valence-electron chi connectivity index (χ4n) is 6.25. The lowest BCUT2D eigenvalue weighted by atomic mass is 9.87. The van der Waals surface area contributed by atoms with Crippen molar-refractivity contribution in [2.45, 2.75) is 128 Å². The number of hydrogen-bond acceptors (Lipinski definition) is 10. The Morgan fingerprint density at radius 2 is 1.78 bits per heavy atom. The van der Waals surface area contributed by atoms with E-state index < -0.39 is 66.8 Å². The van der Waals surface area contributed by atoms with Crippen LogP contribution >= 0.6 is 0 Å². The maximum absolute atomic E-state index is 13.0. The molecule has 0 aliphatic carbocycles. The van der Waals surface area contributed by atoms with Crippen molar-refractivity contribution in [2.75, 3.05) is 32.7 Å². The number of esters is 1. The summed E-state index contributed by atoms with van der Waals surface area (Å²) in [6.07, 6.45) is -2.79. The molecule has 4 N–H and O–H groups in total. The summed E-state index contributed by atoms with van der Waals surface area (Å²) < 4.78 is 55.5. The van der Waals surface area contributed by atoms with E-state index in [-0.39, 0.29) is 63.6 Å². The van der Waals surface area contributed by atoms with Gasteiger partial charge in [0.15, 0.2) is 0 Å². The Bertz CT molecular complexity index is 1200. The molecule has 3 aliphatic rings. The predicted octanol–water partition coefficient (Wildman–Crippen LogP) is 3.89. The van der Waals surface area contributed by atoms with Crippen LogP contribution in [0.3, 0.4) is 0 Å². The Morgan fingerprint density at radius 1 is 1.12 bits per heavy atom.